The highest BCUT2D eigenvalue weighted by molar-refractivity contribution is 5.81. The first-order valence-electron chi connectivity index (χ1n) is 4.03. The lowest BCUT2D eigenvalue weighted by Crippen LogP contribution is -2.04. The minimum absolute atomic E-state index is 0.269. The quantitative estimate of drug-likeness (QED) is 0.714. The predicted molar refractivity (Wildman–Crippen MR) is 48.6 cm³/mol. The fraction of sp³-hybridized carbons (Fsp3) is 0.222. The first-order valence-corrected chi connectivity index (χ1v) is 4.03. The summed E-state index contributed by atoms with van der Waals surface area (Å²) in [4.78, 5) is 0. The molecule has 0 aliphatic heterocycles. The van der Waals surface area contributed by atoms with E-state index >= 15 is 0 Å². The smallest absolute Gasteiger partial charge is 0.125 e. The van der Waals surface area contributed by atoms with Gasteiger partial charge in [-0.1, -0.05) is 0 Å². The van der Waals surface area contributed by atoms with Crippen molar-refractivity contribution in [2.45, 2.75) is 6.54 Å². The summed E-state index contributed by atoms with van der Waals surface area (Å²) < 4.78 is 14.5. The zero-order chi connectivity index (χ0) is 9.42. The molecule has 1 aromatic carbocycles. The Morgan fingerprint density at radius 2 is 2.31 bits per heavy atom. The number of fused-ring (bicyclic) bond motifs is 1. The van der Waals surface area contributed by atoms with Crippen LogP contribution in [0, 0.1) is 5.82 Å². The normalized spacial score (nSPS) is 11.0. The van der Waals surface area contributed by atoms with Crippen LogP contribution in [0.3, 0.4) is 0 Å². The first kappa shape index (κ1) is 8.19. The van der Waals surface area contributed by atoms with Gasteiger partial charge in [0.05, 0.1) is 11.2 Å². The molecule has 0 unspecified atom stereocenters. The minimum Gasteiger partial charge on any atom is -0.325 e. The number of aromatic nitrogens is 2. The molecule has 1 heterocycles. The zero-order valence-corrected chi connectivity index (χ0v) is 7.29. The van der Waals surface area contributed by atoms with Crippen LogP contribution in [0.15, 0.2) is 18.2 Å². The van der Waals surface area contributed by atoms with Gasteiger partial charge in [0.2, 0.25) is 0 Å². The van der Waals surface area contributed by atoms with E-state index in [1.54, 1.807) is 17.8 Å². The summed E-state index contributed by atoms with van der Waals surface area (Å²) in [5.74, 6) is -0.269. The average molecular weight is 179 g/mol. The Morgan fingerprint density at radius 1 is 1.54 bits per heavy atom. The van der Waals surface area contributed by atoms with Crippen molar-refractivity contribution in [3.63, 3.8) is 0 Å². The molecule has 13 heavy (non-hydrogen) atoms. The zero-order valence-electron chi connectivity index (χ0n) is 7.29. The van der Waals surface area contributed by atoms with Crippen molar-refractivity contribution in [2.24, 2.45) is 12.8 Å². The molecule has 2 rings (SSSR count). The van der Waals surface area contributed by atoms with Gasteiger partial charge in [-0.15, -0.1) is 0 Å². The number of aryl methyl sites for hydroxylation is 1. The fourth-order valence-corrected chi connectivity index (χ4v) is 1.47. The number of rotatable bonds is 1. The third-order valence-corrected chi connectivity index (χ3v) is 2.11. The molecule has 4 heteroatoms. The number of nitrogens with zero attached hydrogens (tertiary/aromatic N) is 2. The van der Waals surface area contributed by atoms with Crippen LogP contribution in [-0.2, 0) is 13.6 Å². The maximum absolute atomic E-state index is 12.8. The first-order chi connectivity index (χ1) is 6.22. The topological polar surface area (TPSA) is 43.8 Å². The summed E-state index contributed by atoms with van der Waals surface area (Å²) in [6, 6.07) is 4.54. The average Bonchev–Trinajstić information content (AvgIpc) is 2.39. The summed E-state index contributed by atoms with van der Waals surface area (Å²) in [5.41, 5.74) is 7.13. The molecule has 0 radical (unpaired) electrons. The fourth-order valence-electron chi connectivity index (χ4n) is 1.47. The summed E-state index contributed by atoms with van der Waals surface area (Å²) >= 11 is 0. The summed E-state index contributed by atoms with van der Waals surface area (Å²) in [6.45, 7) is 0.415. The van der Waals surface area contributed by atoms with Crippen LogP contribution in [0.2, 0.25) is 0 Å². The molecule has 68 valence electrons. The Bertz CT molecular complexity index is 447. The van der Waals surface area contributed by atoms with Crippen LogP contribution < -0.4 is 5.73 Å². The lowest BCUT2D eigenvalue weighted by atomic mass is 10.2. The van der Waals surface area contributed by atoms with E-state index in [4.69, 9.17) is 5.73 Å². The van der Waals surface area contributed by atoms with Gasteiger partial charge in [0.25, 0.3) is 0 Å². The van der Waals surface area contributed by atoms with Crippen LogP contribution in [0.4, 0.5) is 4.39 Å². The standard InChI is InChI=1S/C9H10FN3/c1-13-9(5-11)7-3-2-6(10)4-8(7)12-13/h2-4H,5,11H2,1H3. The van der Waals surface area contributed by atoms with E-state index in [0.29, 0.717) is 12.1 Å². The summed E-state index contributed by atoms with van der Waals surface area (Å²) in [5, 5.41) is 5.06. The second-order valence-corrected chi connectivity index (χ2v) is 2.94. The summed E-state index contributed by atoms with van der Waals surface area (Å²) in [7, 11) is 1.81. The van der Waals surface area contributed by atoms with E-state index in [2.05, 4.69) is 5.10 Å². The largest absolute Gasteiger partial charge is 0.325 e. The van der Waals surface area contributed by atoms with Crippen molar-refractivity contribution < 1.29 is 4.39 Å². The third-order valence-electron chi connectivity index (χ3n) is 2.11. The van der Waals surface area contributed by atoms with Gasteiger partial charge in [-0.25, -0.2) is 4.39 Å². The van der Waals surface area contributed by atoms with Crippen molar-refractivity contribution in [1.29, 1.82) is 0 Å². The molecule has 3 nitrogen and oxygen atoms in total. The monoisotopic (exact) mass is 179 g/mol. The van der Waals surface area contributed by atoms with Gasteiger partial charge in [-0.2, -0.15) is 5.10 Å². The van der Waals surface area contributed by atoms with Crippen molar-refractivity contribution in [3.8, 4) is 0 Å². The lowest BCUT2D eigenvalue weighted by molar-refractivity contribution is 0.629. The van der Waals surface area contributed by atoms with Crippen molar-refractivity contribution in [2.75, 3.05) is 0 Å². The van der Waals surface area contributed by atoms with E-state index < -0.39 is 0 Å². The van der Waals surface area contributed by atoms with Crippen LogP contribution in [0.1, 0.15) is 5.69 Å². The third kappa shape index (κ3) is 1.19. The Balaban J connectivity index is 2.79. The molecular weight excluding hydrogens is 169 g/mol. The molecule has 0 aliphatic rings. The van der Waals surface area contributed by atoms with E-state index in [-0.39, 0.29) is 5.82 Å². The second kappa shape index (κ2) is 2.81. The Hall–Kier alpha value is -1.42. The molecule has 0 aliphatic carbocycles. The number of hydrogen-bond donors (Lipinski definition) is 1. The Kier molecular flexibility index (Phi) is 1.77. The van der Waals surface area contributed by atoms with Gasteiger partial charge in [0.1, 0.15) is 5.82 Å². The van der Waals surface area contributed by atoms with Crippen LogP contribution in [0.5, 0.6) is 0 Å². The number of hydrogen-bond acceptors (Lipinski definition) is 2. The lowest BCUT2D eigenvalue weighted by Gasteiger charge is -1.95. The maximum atomic E-state index is 12.8. The van der Waals surface area contributed by atoms with E-state index in [0.717, 1.165) is 11.1 Å². The van der Waals surface area contributed by atoms with Crippen LogP contribution in [0.25, 0.3) is 10.9 Å². The molecule has 0 fully saturated rings. The molecule has 2 aromatic rings. The van der Waals surface area contributed by atoms with E-state index in [1.165, 1.54) is 12.1 Å². The Labute approximate surface area is 75.0 Å². The van der Waals surface area contributed by atoms with Gasteiger partial charge in [-0.3, -0.25) is 4.68 Å². The predicted octanol–water partition coefficient (Wildman–Crippen LogP) is 1.17. The van der Waals surface area contributed by atoms with Crippen LogP contribution in [-0.4, -0.2) is 9.78 Å². The SMILES string of the molecule is Cn1nc2cc(F)ccc2c1CN. The van der Waals surface area contributed by atoms with Crippen molar-refractivity contribution >= 4 is 10.9 Å². The van der Waals surface area contributed by atoms with Crippen molar-refractivity contribution in [1.82, 2.24) is 9.78 Å². The number of benzene rings is 1. The minimum atomic E-state index is -0.269. The highest BCUT2D eigenvalue weighted by atomic mass is 19.1. The molecule has 0 saturated heterocycles. The number of nitrogens with two attached hydrogens (primary N) is 1. The molecule has 1 aromatic heterocycles. The van der Waals surface area contributed by atoms with Gasteiger partial charge >= 0.3 is 0 Å². The van der Waals surface area contributed by atoms with Gasteiger partial charge in [0.15, 0.2) is 0 Å². The maximum Gasteiger partial charge on any atom is 0.125 e. The molecule has 0 atom stereocenters. The molecule has 0 spiro atoms. The number of halogens is 1. The Morgan fingerprint density at radius 3 is 3.00 bits per heavy atom. The van der Waals surface area contributed by atoms with Crippen molar-refractivity contribution in [3.05, 3.63) is 29.7 Å². The molecular formula is C9H10FN3. The highest BCUT2D eigenvalue weighted by Gasteiger charge is 2.06. The molecule has 2 N–H and O–H groups in total. The second-order valence-electron chi connectivity index (χ2n) is 2.94. The van der Waals surface area contributed by atoms with Crippen LogP contribution >= 0.6 is 0 Å². The molecule has 0 saturated carbocycles. The van der Waals surface area contributed by atoms with Gasteiger partial charge < -0.3 is 5.73 Å². The van der Waals surface area contributed by atoms with Gasteiger partial charge in [-0.05, 0) is 12.1 Å². The highest BCUT2D eigenvalue weighted by Crippen LogP contribution is 2.17. The van der Waals surface area contributed by atoms with E-state index in [9.17, 15) is 4.39 Å². The summed E-state index contributed by atoms with van der Waals surface area (Å²) in [6.07, 6.45) is 0. The molecule has 0 bridgehead atoms. The van der Waals surface area contributed by atoms with E-state index in [1.807, 2.05) is 0 Å². The molecule has 0 amide bonds. The van der Waals surface area contributed by atoms with Gasteiger partial charge in [0, 0.05) is 25.0 Å².